The normalized spacial score (nSPS) is 17.9. The van der Waals surface area contributed by atoms with Crippen LogP contribution in [0.5, 0.6) is 5.75 Å². The summed E-state index contributed by atoms with van der Waals surface area (Å²) >= 11 is 0. The number of cyclic esters (lactones) is 1. The molecule has 0 radical (unpaired) electrons. The molecule has 1 amide bonds. The first-order chi connectivity index (χ1) is 9.26. The van der Waals surface area contributed by atoms with E-state index in [1.54, 1.807) is 7.11 Å². The highest BCUT2D eigenvalue weighted by Crippen LogP contribution is 2.26. The van der Waals surface area contributed by atoms with Gasteiger partial charge in [0.1, 0.15) is 5.75 Å². The van der Waals surface area contributed by atoms with E-state index in [1.807, 2.05) is 24.3 Å². The molecular weight excluding hydrogens is 278 g/mol. The number of benzene rings is 2. The first-order valence-corrected chi connectivity index (χ1v) is 6.27. The number of alkyl carbamates (subject to hydrolysis) is 1. The molecule has 1 saturated heterocycles. The molecule has 2 aromatic carbocycles. The van der Waals surface area contributed by atoms with Gasteiger partial charge in [-0.3, -0.25) is 0 Å². The Bertz CT molecular complexity index is 630. The van der Waals surface area contributed by atoms with Crippen LogP contribution in [0.3, 0.4) is 0 Å². The maximum Gasteiger partial charge on any atom is 0.407 e. The zero-order valence-corrected chi connectivity index (χ0v) is 11.9. The van der Waals surface area contributed by atoms with Crippen LogP contribution in [0.25, 0.3) is 10.8 Å². The molecule has 3 rings (SSSR count). The molecule has 1 aliphatic rings. The van der Waals surface area contributed by atoms with Crippen LogP contribution >= 0.6 is 12.4 Å². The van der Waals surface area contributed by atoms with Crippen molar-refractivity contribution in [2.75, 3.05) is 13.7 Å². The van der Waals surface area contributed by atoms with Crippen molar-refractivity contribution in [2.45, 2.75) is 12.5 Å². The molecule has 106 valence electrons. The van der Waals surface area contributed by atoms with Crippen LogP contribution in [0.4, 0.5) is 4.79 Å². The molecule has 20 heavy (non-hydrogen) atoms. The van der Waals surface area contributed by atoms with Crippen molar-refractivity contribution in [1.82, 2.24) is 5.32 Å². The lowest BCUT2D eigenvalue weighted by Crippen LogP contribution is -2.35. The molecule has 5 heteroatoms. The van der Waals surface area contributed by atoms with Gasteiger partial charge in [-0.05, 0) is 34.5 Å². The molecule has 0 saturated carbocycles. The minimum absolute atomic E-state index is 0. The predicted molar refractivity (Wildman–Crippen MR) is 79.6 cm³/mol. The van der Waals surface area contributed by atoms with E-state index in [-0.39, 0.29) is 24.5 Å². The maximum atomic E-state index is 11.2. The number of ether oxygens (including phenoxy) is 2. The number of halogens is 1. The van der Waals surface area contributed by atoms with E-state index in [0.717, 1.165) is 28.5 Å². The largest absolute Gasteiger partial charge is 0.497 e. The van der Waals surface area contributed by atoms with Crippen molar-refractivity contribution in [3.8, 4) is 5.75 Å². The van der Waals surface area contributed by atoms with Gasteiger partial charge in [0.15, 0.2) is 0 Å². The third-order valence-corrected chi connectivity index (χ3v) is 3.41. The number of amides is 1. The quantitative estimate of drug-likeness (QED) is 0.922. The van der Waals surface area contributed by atoms with Crippen LogP contribution in [0.2, 0.25) is 0 Å². The number of carbonyl (C=O) groups is 1. The number of hydrogen-bond donors (Lipinski definition) is 1. The van der Waals surface area contributed by atoms with Crippen molar-refractivity contribution in [3.63, 3.8) is 0 Å². The molecule has 1 atom stereocenters. The first-order valence-electron chi connectivity index (χ1n) is 6.27. The molecule has 0 bridgehead atoms. The van der Waals surface area contributed by atoms with Gasteiger partial charge < -0.3 is 14.8 Å². The zero-order valence-electron chi connectivity index (χ0n) is 11.1. The molecule has 0 aromatic heterocycles. The minimum Gasteiger partial charge on any atom is -0.497 e. The van der Waals surface area contributed by atoms with Crippen molar-refractivity contribution in [1.29, 1.82) is 0 Å². The molecule has 4 nitrogen and oxygen atoms in total. The summed E-state index contributed by atoms with van der Waals surface area (Å²) in [5.74, 6) is 0.847. The number of methoxy groups -OCH3 is 1. The van der Waals surface area contributed by atoms with Gasteiger partial charge in [-0.1, -0.05) is 18.2 Å². The fourth-order valence-corrected chi connectivity index (χ4v) is 2.36. The topological polar surface area (TPSA) is 47.6 Å². The van der Waals surface area contributed by atoms with Crippen LogP contribution in [-0.2, 0) is 4.74 Å². The van der Waals surface area contributed by atoms with Crippen molar-refractivity contribution >= 4 is 29.3 Å². The van der Waals surface area contributed by atoms with Crippen molar-refractivity contribution in [3.05, 3.63) is 42.0 Å². The second-order valence-corrected chi connectivity index (χ2v) is 4.59. The number of nitrogens with one attached hydrogen (secondary N) is 1. The standard InChI is InChI=1S/C15H15NO3.ClH/c1-18-13-5-4-10-8-12(3-2-11(10)9-13)14-6-7-19-15(17)16-14;/h2-5,8-9,14H,6-7H2,1H3,(H,16,17);1H/t14-;/m0./s1. The Morgan fingerprint density at radius 1 is 1.20 bits per heavy atom. The number of fused-ring (bicyclic) bond motifs is 1. The molecule has 0 spiro atoms. The van der Waals surface area contributed by atoms with E-state index in [9.17, 15) is 4.79 Å². The number of rotatable bonds is 2. The van der Waals surface area contributed by atoms with Crippen LogP contribution in [0.15, 0.2) is 36.4 Å². The van der Waals surface area contributed by atoms with Gasteiger partial charge in [0.2, 0.25) is 0 Å². The predicted octanol–water partition coefficient (Wildman–Crippen LogP) is 3.44. The van der Waals surface area contributed by atoms with Gasteiger partial charge in [0.25, 0.3) is 0 Å². The van der Waals surface area contributed by atoms with Crippen LogP contribution in [0, 0.1) is 0 Å². The smallest absolute Gasteiger partial charge is 0.407 e. The number of carbonyl (C=O) groups excluding carboxylic acids is 1. The van der Waals surface area contributed by atoms with Crippen LogP contribution in [0.1, 0.15) is 18.0 Å². The fraction of sp³-hybridized carbons (Fsp3) is 0.267. The summed E-state index contributed by atoms with van der Waals surface area (Å²) in [4.78, 5) is 11.2. The maximum absolute atomic E-state index is 11.2. The average Bonchev–Trinajstić information content (AvgIpc) is 2.46. The summed E-state index contributed by atoms with van der Waals surface area (Å²) in [6.45, 7) is 0.469. The van der Waals surface area contributed by atoms with E-state index in [0.29, 0.717) is 6.61 Å². The van der Waals surface area contributed by atoms with Crippen LogP contribution in [-0.4, -0.2) is 19.8 Å². The van der Waals surface area contributed by atoms with Gasteiger partial charge in [-0.15, -0.1) is 12.4 Å². The molecule has 0 aliphatic carbocycles. The lowest BCUT2D eigenvalue weighted by molar-refractivity contribution is 0.115. The second-order valence-electron chi connectivity index (χ2n) is 4.59. The van der Waals surface area contributed by atoms with E-state index in [1.165, 1.54) is 0 Å². The molecule has 1 fully saturated rings. The Balaban J connectivity index is 0.00000147. The monoisotopic (exact) mass is 293 g/mol. The SMILES string of the molecule is COc1ccc2cc([C@@H]3CCOC(=O)N3)ccc2c1.Cl. The Morgan fingerprint density at radius 2 is 1.95 bits per heavy atom. The molecule has 1 N–H and O–H groups in total. The Morgan fingerprint density at radius 3 is 2.70 bits per heavy atom. The summed E-state index contributed by atoms with van der Waals surface area (Å²) in [5.41, 5.74) is 1.11. The first kappa shape index (κ1) is 14.5. The molecule has 1 aliphatic heterocycles. The van der Waals surface area contributed by atoms with E-state index in [2.05, 4.69) is 17.4 Å². The summed E-state index contributed by atoms with van der Waals surface area (Å²) < 4.78 is 10.1. The van der Waals surface area contributed by atoms with Crippen molar-refractivity contribution < 1.29 is 14.3 Å². The van der Waals surface area contributed by atoms with Crippen molar-refractivity contribution in [2.24, 2.45) is 0 Å². The summed E-state index contributed by atoms with van der Waals surface area (Å²) in [6.07, 6.45) is 0.457. The second kappa shape index (κ2) is 6.01. The third kappa shape index (κ3) is 2.80. The van der Waals surface area contributed by atoms with Gasteiger partial charge in [0, 0.05) is 6.42 Å². The van der Waals surface area contributed by atoms with Gasteiger partial charge in [0.05, 0.1) is 19.8 Å². The Hall–Kier alpha value is -1.94. The van der Waals surface area contributed by atoms with Gasteiger partial charge >= 0.3 is 6.09 Å². The lowest BCUT2D eigenvalue weighted by Gasteiger charge is -2.23. The molecular formula is C15H16ClNO3. The summed E-state index contributed by atoms with van der Waals surface area (Å²) in [5, 5.41) is 5.10. The Labute approximate surface area is 123 Å². The van der Waals surface area contributed by atoms with Gasteiger partial charge in [-0.25, -0.2) is 4.79 Å². The lowest BCUT2D eigenvalue weighted by atomic mass is 9.99. The fourth-order valence-electron chi connectivity index (χ4n) is 2.36. The van der Waals surface area contributed by atoms with E-state index < -0.39 is 0 Å². The minimum atomic E-state index is -0.342. The molecule has 2 aromatic rings. The number of hydrogen-bond acceptors (Lipinski definition) is 3. The van der Waals surface area contributed by atoms with E-state index >= 15 is 0 Å². The highest BCUT2D eigenvalue weighted by atomic mass is 35.5. The molecule has 0 unspecified atom stereocenters. The van der Waals surface area contributed by atoms with Crippen LogP contribution < -0.4 is 10.1 Å². The zero-order chi connectivity index (χ0) is 13.2. The third-order valence-electron chi connectivity index (χ3n) is 3.41. The highest BCUT2D eigenvalue weighted by molar-refractivity contribution is 5.85. The summed E-state index contributed by atoms with van der Waals surface area (Å²) in [7, 11) is 1.66. The summed E-state index contributed by atoms with van der Waals surface area (Å²) in [6, 6.07) is 12.2. The van der Waals surface area contributed by atoms with Gasteiger partial charge in [-0.2, -0.15) is 0 Å². The van der Waals surface area contributed by atoms with E-state index in [4.69, 9.17) is 9.47 Å². The molecule has 1 heterocycles. The Kier molecular flexibility index (Phi) is 4.35. The highest BCUT2D eigenvalue weighted by Gasteiger charge is 2.20. The average molecular weight is 294 g/mol.